The molecule has 0 spiro atoms. The number of carbonyl (C=O) groups is 1. The zero-order chi connectivity index (χ0) is 15.8. The highest BCUT2D eigenvalue weighted by Crippen LogP contribution is 2.35. The Morgan fingerprint density at radius 2 is 2.14 bits per heavy atom. The van der Waals surface area contributed by atoms with Gasteiger partial charge in [-0.1, -0.05) is 25.4 Å². The van der Waals surface area contributed by atoms with Crippen LogP contribution in [0.3, 0.4) is 0 Å². The summed E-state index contributed by atoms with van der Waals surface area (Å²) in [5, 5.41) is 9.21. The molecule has 21 heavy (non-hydrogen) atoms. The second kappa shape index (κ2) is 8.57. The number of hydrogen-bond donors (Lipinski definition) is 1. The van der Waals surface area contributed by atoms with E-state index in [1.54, 1.807) is 12.1 Å². The Bertz CT molecular complexity index is 509. The molecule has 1 aromatic rings. The Balaban J connectivity index is 2.94. The molecule has 0 bridgehead atoms. The van der Waals surface area contributed by atoms with E-state index < -0.39 is 5.97 Å². The fourth-order valence-electron chi connectivity index (χ4n) is 1.85. The van der Waals surface area contributed by atoms with Crippen LogP contribution in [0.2, 0.25) is 5.02 Å². The molecule has 1 rings (SSSR count). The largest absolute Gasteiger partial charge is 0.493 e. The van der Waals surface area contributed by atoms with Gasteiger partial charge in [0.15, 0.2) is 11.5 Å². The van der Waals surface area contributed by atoms with E-state index in [2.05, 4.69) is 13.8 Å². The van der Waals surface area contributed by atoms with E-state index in [-0.39, 0.29) is 0 Å². The number of aliphatic carboxylic acids is 1. The molecule has 0 atom stereocenters. The molecule has 0 heterocycles. The van der Waals surface area contributed by atoms with E-state index in [1.807, 2.05) is 0 Å². The Labute approximate surface area is 130 Å². The van der Waals surface area contributed by atoms with Crippen LogP contribution in [0.25, 0.3) is 6.08 Å². The van der Waals surface area contributed by atoms with Gasteiger partial charge in [-0.05, 0) is 30.9 Å². The van der Waals surface area contributed by atoms with Gasteiger partial charge < -0.3 is 14.6 Å². The highest BCUT2D eigenvalue weighted by atomic mass is 35.5. The number of halogens is 1. The first-order chi connectivity index (χ1) is 9.93. The van der Waals surface area contributed by atoms with E-state index in [0.29, 0.717) is 34.6 Å². The summed E-state index contributed by atoms with van der Waals surface area (Å²) in [5.74, 6) is 0.604. The summed E-state index contributed by atoms with van der Waals surface area (Å²) in [5.41, 5.74) is 0.589. The molecule has 0 amide bonds. The number of benzene rings is 1. The topological polar surface area (TPSA) is 55.8 Å². The van der Waals surface area contributed by atoms with Crippen molar-refractivity contribution in [2.75, 3.05) is 13.7 Å². The molecule has 0 unspecified atom stereocenters. The van der Waals surface area contributed by atoms with Crippen LogP contribution in [0.5, 0.6) is 11.5 Å². The molecular formula is C16H21ClO4. The van der Waals surface area contributed by atoms with Crippen molar-refractivity contribution in [1.29, 1.82) is 0 Å². The number of methoxy groups -OCH3 is 1. The van der Waals surface area contributed by atoms with Crippen molar-refractivity contribution in [3.63, 3.8) is 0 Å². The quantitative estimate of drug-likeness (QED) is 0.575. The van der Waals surface area contributed by atoms with Gasteiger partial charge in [-0.25, -0.2) is 4.79 Å². The van der Waals surface area contributed by atoms with Gasteiger partial charge in [-0.3, -0.25) is 0 Å². The molecule has 0 saturated carbocycles. The summed E-state index contributed by atoms with van der Waals surface area (Å²) in [4.78, 5) is 10.7. The van der Waals surface area contributed by atoms with Crippen molar-refractivity contribution in [1.82, 2.24) is 0 Å². The Morgan fingerprint density at radius 1 is 1.43 bits per heavy atom. The smallest absolute Gasteiger partial charge is 0.328 e. The van der Waals surface area contributed by atoms with Crippen LogP contribution < -0.4 is 9.47 Å². The Hall–Kier alpha value is -1.68. The highest BCUT2D eigenvalue weighted by Gasteiger charge is 2.11. The Morgan fingerprint density at radius 3 is 2.71 bits per heavy atom. The molecule has 4 nitrogen and oxygen atoms in total. The van der Waals surface area contributed by atoms with Crippen LogP contribution in [-0.2, 0) is 4.79 Å². The van der Waals surface area contributed by atoms with Gasteiger partial charge in [0.25, 0.3) is 0 Å². The van der Waals surface area contributed by atoms with Gasteiger partial charge in [0.2, 0.25) is 0 Å². The van der Waals surface area contributed by atoms with Crippen molar-refractivity contribution < 1.29 is 19.4 Å². The lowest BCUT2D eigenvalue weighted by molar-refractivity contribution is -0.131. The van der Waals surface area contributed by atoms with Gasteiger partial charge >= 0.3 is 5.97 Å². The molecule has 1 N–H and O–H groups in total. The minimum atomic E-state index is -1.03. The first-order valence-electron chi connectivity index (χ1n) is 6.85. The highest BCUT2D eigenvalue weighted by molar-refractivity contribution is 6.31. The fraction of sp³-hybridized carbons (Fsp3) is 0.438. The zero-order valence-corrected chi connectivity index (χ0v) is 13.3. The first kappa shape index (κ1) is 17.4. The fourth-order valence-corrected chi connectivity index (χ4v) is 2.06. The molecule has 0 aliphatic rings. The summed E-state index contributed by atoms with van der Waals surface area (Å²) in [6.45, 7) is 4.86. The van der Waals surface area contributed by atoms with Gasteiger partial charge in [0, 0.05) is 22.7 Å². The van der Waals surface area contributed by atoms with E-state index in [4.69, 9.17) is 26.2 Å². The number of carboxylic acid groups (broad SMARTS) is 1. The number of hydrogen-bond acceptors (Lipinski definition) is 3. The normalized spacial score (nSPS) is 11.1. The van der Waals surface area contributed by atoms with Crippen molar-refractivity contribution in [3.05, 3.63) is 28.8 Å². The lowest BCUT2D eigenvalue weighted by atomic mass is 10.1. The van der Waals surface area contributed by atoms with Crippen molar-refractivity contribution in [2.45, 2.75) is 26.7 Å². The SMILES string of the molecule is COc1cc(Cl)cc(/C=C/C(=O)O)c1OCCCC(C)C. The second-order valence-electron chi connectivity index (χ2n) is 5.08. The maximum atomic E-state index is 10.7. The van der Waals surface area contributed by atoms with Gasteiger partial charge in [-0.15, -0.1) is 0 Å². The third kappa shape index (κ3) is 6.08. The molecule has 0 saturated heterocycles. The number of carboxylic acids is 1. The zero-order valence-electron chi connectivity index (χ0n) is 12.6. The van der Waals surface area contributed by atoms with Gasteiger partial charge in [0.05, 0.1) is 13.7 Å². The van der Waals surface area contributed by atoms with Crippen molar-refractivity contribution in [3.8, 4) is 11.5 Å². The molecule has 5 heteroatoms. The third-order valence-electron chi connectivity index (χ3n) is 2.85. The van der Waals surface area contributed by atoms with Crippen molar-refractivity contribution >= 4 is 23.6 Å². The predicted octanol–water partition coefficient (Wildman–Crippen LogP) is 4.26. The van der Waals surface area contributed by atoms with Crippen LogP contribution in [0.1, 0.15) is 32.3 Å². The summed E-state index contributed by atoms with van der Waals surface area (Å²) in [6.07, 6.45) is 4.49. The van der Waals surface area contributed by atoms with E-state index in [9.17, 15) is 4.79 Å². The van der Waals surface area contributed by atoms with E-state index in [1.165, 1.54) is 13.2 Å². The minimum Gasteiger partial charge on any atom is -0.493 e. The van der Waals surface area contributed by atoms with Crippen LogP contribution in [0, 0.1) is 5.92 Å². The molecule has 0 aliphatic carbocycles. The van der Waals surface area contributed by atoms with E-state index >= 15 is 0 Å². The lowest BCUT2D eigenvalue weighted by Crippen LogP contribution is -2.03. The maximum absolute atomic E-state index is 10.7. The molecule has 0 aliphatic heterocycles. The lowest BCUT2D eigenvalue weighted by Gasteiger charge is -2.14. The monoisotopic (exact) mass is 312 g/mol. The molecule has 0 radical (unpaired) electrons. The molecule has 0 aromatic heterocycles. The summed E-state index contributed by atoms with van der Waals surface area (Å²) < 4.78 is 11.0. The van der Waals surface area contributed by atoms with Crippen LogP contribution >= 0.6 is 11.6 Å². The predicted molar refractivity (Wildman–Crippen MR) is 84.2 cm³/mol. The molecule has 116 valence electrons. The first-order valence-corrected chi connectivity index (χ1v) is 7.23. The number of ether oxygens (including phenoxy) is 2. The standard InChI is InChI=1S/C16H21ClO4/c1-11(2)5-4-8-21-16-12(6-7-15(18)19)9-13(17)10-14(16)20-3/h6-7,9-11H,4-5,8H2,1-3H3,(H,18,19)/b7-6+. The molecule has 0 fully saturated rings. The maximum Gasteiger partial charge on any atom is 0.328 e. The van der Waals surface area contributed by atoms with E-state index in [0.717, 1.165) is 18.9 Å². The number of rotatable bonds is 8. The van der Waals surface area contributed by atoms with Crippen molar-refractivity contribution in [2.24, 2.45) is 5.92 Å². The van der Waals surface area contributed by atoms with Gasteiger partial charge in [0.1, 0.15) is 0 Å². The summed E-state index contributed by atoms with van der Waals surface area (Å²) >= 11 is 6.00. The average molecular weight is 313 g/mol. The van der Waals surface area contributed by atoms with Crippen LogP contribution in [0.15, 0.2) is 18.2 Å². The average Bonchev–Trinajstić information content (AvgIpc) is 2.41. The molecular weight excluding hydrogens is 292 g/mol. The van der Waals surface area contributed by atoms with Crippen LogP contribution in [0.4, 0.5) is 0 Å². The third-order valence-corrected chi connectivity index (χ3v) is 3.06. The summed E-state index contributed by atoms with van der Waals surface area (Å²) in [6, 6.07) is 3.30. The second-order valence-corrected chi connectivity index (χ2v) is 5.52. The van der Waals surface area contributed by atoms with Gasteiger partial charge in [-0.2, -0.15) is 0 Å². The minimum absolute atomic E-state index is 0.464. The van der Waals surface area contributed by atoms with Crippen LogP contribution in [-0.4, -0.2) is 24.8 Å². The summed E-state index contributed by atoms with van der Waals surface area (Å²) in [7, 11) is 1.53. The molecule has 1 aromatic carbocycles. The Kier molecular flexibility index (Phi) is 7.09.